The third-order valence-corrected chi connectivity index (χ3v) is 16.7. The number of pyridine rings is 4. The van der Waals surface area contributed by atoms with Crippen molar-refractivity contribution in [3.05, 3.63) is 228 Å². The normalized spacial score (nSPS) is 17.4. The number of esters is 2. The number of nitrogens with zero attached hydrogens (tertiary/aromatic N) is 5. The molecule has 0 atom stereocenters. The molecule has 27 rings (SSSR count). The number of hydrogen-bond donors (Lipinski definition) is 0. The summed E-state index contributed by atoms with van der Waals surface area (Å²) in [4.78, 5) is 57.1. The van der Waals surface area contributed by atoms with Crippen molar-refractivity contribution in [3.63, 3.8) is 0 Å². The number of imide groups is 1. The zero-order valence-corrected chi connectivity index (χ0v) is 69.3. The Hall–Kier alpha value is -9.96. The van der Waals surface area contributed by atoms with Gasteiger partial charge in [0.05, 0.1) is 109 Å². The van der Waals surface area contributed by atoms with Crippen LogP contribution in [0.5, 0.6) is 23.0 Å². The molecule has 0 N–H and O–H groups in total. The third kappa shape index (κ3) is 44.0. The average molecular weight is 1910 g/mol. The molecular formula is C77H81F24N5O16P4. The number of rotatable bonds is 8. The van der Waals surface area contributed by atoms with E-state index in [4.69, 9.17) is 56.8 Å². The Morgan fingerprint density at radius 3 is 0.897 bits per heavy atom. The van der Waals surface area contributed by atoms with Gasteiger partial charge in [-0.05, 0) is 59.4 Å². The van der Waals surface area contributed by atoms with Gasteiger partial charge >= 0.3 is 144 Å². The first kappa shape index (κ1) is 101. The quantitative estimate of drug-likeness (QED) is 0.0347. The summed E-state index contributed by atoms with van der Waals surface area (Å²) in [5.74, 6) is -0.281. The molecule has 18 aliphatic rings. The first-order chi connectivity index (χ1) is 58.0. The fourth-order valence-corrected chi connectivity index (χ4v) is 11.6. The van der Waals surface area contributed by atoms with Crippen molar-refractivity contribution in [2.24, 2.45) is 0 Å². The van der Waals surface area contributed by atoms with Crippen molar-refractivity contribution in [3.8, 4) is 45.3 Å². The van der Waals surface area contributed by atoms with Crippen LogP contribution in [0.15, 0.2) is 189 Å². The zero-order valence-electron chi connectivity index (χ0n) is 65.7. The van der Waals surface area contributed by atoms with Crippen LogP contribution in [0.2, 0.25) is 0 Å². The Kier molecular flexibility index (Phi) is 31.3. The van der Waals surface area contributed by atoms with Crippen LogP contribution in [-0.4, -0.2) is 154 Å². The minimum absolute atomic E-state index is 0.00987. The largest absolute Gasteiger partial charge is 0.491 e. The molecule has 2 amide bonds. The molecule has 698 valence electrons. The molecule has 4 aromatic heterocycles. The van der Waals surface area contributed by atoms with Gasteiger partial charge in [-0.1, -0.05) is 60.7 Å². The number of halogens is 24. The van der Waals surface area contributed by atoms with Gasteiger partial charge in [-0.25, -0.2) is 23.1 Å². The van der Waals surface area contributed by atoms with Gasteiger partial charge in [-0.3, -0.25) is 19.3 Å². The summed E-state index contributed by atoms with van der Waals surface area (Å²) in [6.45, 7) is 6.77. The molecule has 9 aromatic rings. The Morgan fingerprint density at radius 2 is 0.595 bits per heavy atom. The molecule has 0 fully saturated rings. The maximum absolute atomic E-state index is 14.5. The van der Waals surface area contributed by atoms with E-state index in [1.54, 1.807) is 18.2 Å². The second-order valence-electron chi connectivity index (χ2n) is 27.4. The minimum atomic E-state index is -10.7. The smallest absolute Gasteiger partial charge is 0.338 e. The Balaban J connectivity index is 0.000000605. The second kappa shape index (κ2) is 38.9. The minimum Gasteiger partial charge on any atom is -0.491 e. The zero-order chi connectivity index (χ0) is 92.7. The number of amides is 2. The Morgan fingerprint density at radius 1 is 0.325 bits per heavy atom. The van der Waals surface area contributed by atoms with E-state index in [1.807, 2.05) is 107 Å². The summed E-state index contributed by atoms with van der Waals surface area (Å²) in [7, 11) is -42.6. The molecule has 0 saturated heterocycles. The monoisotopic (exact) mass is 1910 g/mol. The first-order valence-corrected chi connectivity index (χ1v) is 45.4. The molecular weight excluding hydrogens is 1830 g/mol. The van der Waals surface area contributed by atoms with Crippen LogP contribution in [0, 0.1) is 0 Å². The number of hydrogen-bond acceptors (Lipinski definition) is 16. The van der Waals surface area contributed by atoms with Gasteiger partial charge in [-0.15, -0.1) is 0 Å². The van der Waals surface area contributed by atoms with Crippen LogP contribution >= 0.6 is 31.2 Å². The number of fused-ring (bicyclic) bond motifs is 2. The van der Waals surface area contributed by atoms with Crippen molar-refractivity contribution in [2.45, 2.75) is 39.0 Å². The van der Waals surface area contributed by atoms with Gasteiger partial charge < -0.3 is 56.8 Å². The van der Waals surface area contributed by atoms with Gasteiger partial charge in [0.25, 0.3) is 11.8 Å². The topological polar surface area (TPSA) is 198 Å². The van der Waals surface area contributed by atoms with Crippen molar-refractivity contribution in [2.75, 3.05) is 125 Å². The summed E-state index contributed by atoms with van der Waals surface area (Å²) in [6, 6.07) is 45.6. The maximum Gasteiger partial charge on any atom is 0.338 e. The van der Waals surface area contributed by atoms with E-state index in [9.17, 15) is 120 Å². The molecule has 0 saturated carbocycles. The molecule has 49 heteroatoms. The van der Waals surface area contributed by atoms with Gasteiger partial charge in [0, 0.05) is 87.6 Å². The predicted octanol–water partition coefficient (Wildman–Crippen LogP) is 21.5. The first-order valence-electron chi connectivity index (χ1n) is 37.3. The summed E-state index contributed by atoms with van der Waals surface area (Å²) >= 11 is 0. The van der Waals surface area contributed by atoms with Crippen molar-refractivity contribution in [1.82, 2.24) is 4.90 Å². The van der Waals surface area contributed by atoms with Gasteiger partial charge in [-0.2, -0.15) is 0 Å². The van der Waals surface area contributed by atoms with E-state index in [0.717, 1.165) is 62.5 Å². The van der Waals surface area contributed by atoms with E-state index in [2.05, 4.69) is 82.5 Å². The second-order valence-corrected chi connectivity index (χ2v) is 35.1. The van der Waals surface area contributed by atoms with Gasteiger partial charge in [0.1, 0.15) is 56.0 Å². The van der Waals surface area contributed by atoms with Crippen molar-refractivity contribution >= 4 is 65.8 Å². The Bertz CT molecular complexity index is 4810. The van der Waals surface area contributed by atoms with Gasteiger partial charge in [0.15, 0.2) is 75.8 Å². The number of aromatic nitrogens is 4. The number of carbonyl (C=O) groups excluding carboxylic acids is 4. The molecule has 0 unspecified atom stereocenters. The molecule has 22 heterocycles. The number of carbonyl (C=O) groups is 4. The third-order valence-electron chi connectivity index (χ3n) is 16.7. The number of ether oxygens (including phenoxy) is 12. The molecule has 18 bridgehead atoms. The number of unbranched alkanes of at least 4 members (excludes halogenated alkanes) is 1. The van der Waals surface area contributed by atoms with Crippen LogP contribution in [0.25, 0.3) is 33.0 Å². The van der Waals surface area contributed by atoms with E-state index >= 15 is 0 Å². The van der Waals surface area contributed by atoms with E-state index < -0.39 is 61.5 Å². The molecule has 5 aromatic carbocycles. The summed E-state index contributed by atoms with van der Waals surface area (Å²) in [6.07, 6.45) is 16.8. The molecule has 21 nitrogen and oxygen atoms in total. The molecule has 126 heavy (non-hydrogen) atoms. The molecule has 0 radical (unpaired) electrons. The molecule has 0 aliphatic carbocycles. The molecule has 0 spiro atoms. The van der Waals surface area contributed by atoms with Crippen LogP contribution in [0.3, 0.4) is 0 Å². The average Bonchev–Trinajstić information content (AvgIpc) is 1.60. The van der Waals surface area contributed by atoms with E-state index in [-0.39, 0.29) is 56.3 Å². The summed E-state index contributed by atoms with van der Waals surface area (Å²) in [5, 5.41) is 1.89. The standard InChI is InChI=1S/C77H81N5O16.4F6P/c83-72(56-82-75(84)73-63-13-14-64(74(73)76(82)85)55-81-29-21-62(22-30-81)60-17-25-79(26-18-60)53-58-10-9-57(11-12-58)52-78-23-15-59(16-24-78)61-19-27-80(54-63)28-20-61)97-31-1-2-32-98-77(86)65-49-66-51-67(50-65)94-46-42-90-38-34-88-36-40-92-44-48-96-71-8-4-6-69-68(71)5-3-7-70(69)95-47-43-91-39-35-87-33-37-89-41-45-93-66;4*1-7(2,3,4,5)6/h3-30,49-51H,1-2,31-48,52-56H2;;;;/q+4;4*-1. The van der Waals surface area contributed by atoms with Crippen molar-refractivity contribution < 1.29 is 195 Å². The van der Waals surface area contributed by atoms with Crippen LogP contribution < -0.4 is 37.2 Å². The predicted molar refractivity (Wildman–Crippen MR) is 411 cm³/mol. The van der Waals surface area contributed by atoms with Crippen LogP contribution in [0.4, 0.5) is 101 Å². The SMILES string of the molecule is F[P-](F)(F)(F)(F)F.F[P-](F)(F)(F)(F)F.F[P-](F)(F)(F)(F)F.F[P-](F)(F)(F)(F)F.O=C(CN1C(=O)c2c3ccc(c2C1=O)C[n+]1ccc(cc1)-c1cc[n+](cc1)Cc1ccc(cc1)C[n+]1ccc(cc1)-c1cc[n+](cc1)C3)OCCCCOC(=O)c1cc2cc(c1)OCCOCCOCCOCCOc1cccc3c(cccc13)OCCOCCOCCOCCO2. The summed E-state index contributed by atoms with van der Waals surface area (Å²) < 4.78 is 315. The van der Waals surface area contributed by atoms with E-state index in [0.29, 0.717) is 128 Å². The van der Waals surface area contributed by atoms with Gasteiger partial charge in [0.2, 0.25) is 0 Å². The number of benzene rings is 5. The van der Waals surface area contributed by atoms with Crippen LogP contribution in [-0.2, 0) is 68.9 Å². The molecule has 18 aliphatic heterocycles. The fourth-order valence-electron chi connectivity index (χ4n) is 11.6. The van der Waals surface area contributed by atoms with E-state index in [1.165, 1.54) is 11.1 Å². The fraction of sp³-hybridized carbons (Fsp3) is 0.325. The maximum atomic E-state index is 14.5. The van der Waals surface area contributed by atoms with Crippen molar-refractivity contribution in [1.29, 1.82) is 0 Å². The van der Waals surface area contributed by atoms with Crippen LogP contribution in [0.1, 0.15) is 66.2 Å². The summed E-state index contributed by atoms with van der Waals surface area (Å²) in [5.41, 5.74) is 8.56. The Labute approximate surface area is 701 Å².